The lowest BCUT2D eigenvalue weighted by atomic mass is 10.0. The summed E-state index contributed by atoms with van der Waals surface area (Å²) in [5, 5.41) is 6.46. The topological polar surface area (TPSA) is 49.8 Å². The molecule has 0 saturated carbocycles. The van der Waals surface area contributed by atoms with Gasteiger partial charge in [0.05, 0.1) is 0 Å². The van der Waals surface area contributed by atoms with Gasteiger partial charge in [-0.1, -0.05) is 26.7 Å². The van der Waals surface area contributed by atoms with Gasteiger partial charge in [0.25, 0.3) is 0 Å². The van der Waals surface area contributed by atoms with Crippen molar-refractivity contribution in [1.29, 1.82) is 0 Å². The van der Waals surface area contributed by atoms with Gasteiger partial charge in [0.2, 0.25) is 5.95 Å². The van der Waals surface area contributed by atoms with Crippen LogP contribution in [0.15, 0.2) is 12.3 Å². The molecule has 16 heavy (non-hydrogen) atoms. The summed E-state index contributed by atoms with van der Waals surface area (Å²) in [7, 11) is 0. The van der Waals surface area contributed by atoms with Gasteiger partial charge in [0.1, 0.15) is 5.82 Å². The van der Waals surface area contributed by atoms with E-state index < -0.39 is 0 Å². The van der Waals surface area contributed by atoms with Gasteiger partial charge < -0.3 is 10.6 Å². The Morgan fingerprint density at radius 3 is 2.56 bits per heavy atom. The van der Waals surface area contributed by atoms with E-state index in [-0.39, 0.29) is 0 Å². The van der Waals surface area contributed by atoms with Crippen LogP contribution in [0.5, 0.6) is 0 Å². The van der Waals surface area contributed by atoms with Crippen molar-refractivity contribution < 1.29 is 0 Å². The largest absolute Gasteiger partial charge is 0.370 e. The maximum absolute atomic E-state index is 4.37. The quantitative estimate of drug-likeness (QED) is 0.745. The highest BCUT2D eigenvalue weighted by molar-refractivity contribution is 5.39. The number of hydrogen-bond acceptors (Lipinski definition) is 4. The summed E-state index contributed by atoms with van der Waals surface area (Å²) in [5.74, 6) is 2.31. The average molecular weight is 222 g/mol. The molecule has 1 aromatic rings. The molecule has 1 aromatic heterocycles. The second-order valence-corrected chi connectivity index (χ2v) is 3.86. The first-order chi connectivity index (χ1) is 7.80. The molecule has 0 bridgehead atoms. The molecule has 4 heteroatoms. The molecule has 0 spiro atoms. The van der Waals surface area contributed by atoms with Crippen molar-refractivity contribution in [2.75, 3.05) is 23.7 Å². The van der Waals surface area contributed by atoms with Gasteiger partial charge in [-0.3, -0.25) is 0 Å². The summed E-state index contributed by atoms with van der Waals surface area (Å²) in [6.07, 6.45) is 4.18. The molecule has 90 valence electrons. The summed E-state index contributed by atoms with van der Waals surface area (Å²) in [6.45, 7) is 8.30. The van der Waals surface area contributed by atoms with Crippen molar-refractivity contribution in [3.8, 4) is 0 Å². The Labute approximate surface area is 97.9 Å². The van der Waals surface area contributed by atoms with E-state index in [1.807, 2.05) is 13.0 Å². The van der Waals surface area contributed by atoms with Crippen molar-refractivity contribution in [1.82, 2.24) is 9.97 Å². The Balaban J connectivity index is 2.49. The maximum Gasteiger partial charge on any atom is 0.224 e. The number of anilines is 2. The Morgan fingerprint density at radius 1 is 1.19 bits per heavy atom. The van der Waals surface area contributed by atoms with Crippen LogP contribution < -0.4 is 10.6 Å². The van der Waals surface area contributed by atoms with Crippen LogP contribution >= 0.6 is 0 Å². The summed E-state index contributed by atoms with van der Waals surface area (Å²) in [4.78, 5) is 8.50. The van der Waals surface area contributed by atoms with E-state index in [4.69, 9.17) is 0 Å². The van der Waals surface area contributed by atoms with E-state index in [1.165, 1.54) is 12.8 Å². The Bertz CT molecular complexity index is 297. The van der Waals surface area contributed by atoms with Crippen LogP contribution in [-0.2, 0) is 0 Å². The van der Waals surface area contributed by atoms with Crippen molar-refractivity contribution in [3.63, 3.8) is 0 Å². The molecule has 0 radical (unpaired) electrons. The highest BCUT2D eigenvalue weighted by atomic mass is 15.1. The molecule has 1 rings (SSSR count). The molecule has 2 N–H and O–H groups in total. The van der Waals surface area contributed by atoms with Gasteiger partial charge in [-0.25, -0.2) is 4.98 Å². The molecular weight excluding hydrogens is 200 g/mol. The minimum absolute atomic E-state index is 0.692. The normalized spacial score (nSPS) is 10.5. The van der Waals surface area contributed by atoms with Gasteiger partial charge in [-0.2, -0.15) is 4.98 Å². The van der Waals surface area contributed by atoms with Crippen LogP contribution in [-0.4, -0.2) is 23.1 Å². The molecule has 0 saturated heterocycles. The lowest BCUT2D eigenvalue weighted by Gasteiger charge is -2.13. The molecule has 0 unspecified atom stereocenters. The van der Waals surface area contributed by atoms with E-state index in [1.54, 1.807) is 6.20 Å². The number of aromatic nitrogens is 2. The van der Waals surface area contributed by atoms with Gasteiger partial charge in [0.15, 0.2) is 0 Å². The van der Waals surface area contributed by atoms with Crippen LogP contribution in [0.25, 0.3) is 0 Å². The molecule has 0 atom stereocenters. The zero-order chi connectivity index (χ0) is 11.8. The Morgan fingerprint density at radius 2 is 1.94 bits per heavy atom. The summed E-state index contributed by atoms with van der Waals surface area (Å²) in [5.41, 5.74) is 0. The van der Waals surface area contributed by atoms with Crippen molar-refractivity contribution >= 4 is 11.8 Å². The monoisotopic (exact) mass is 222 g/mol. The van der Waals surface area contributed by atoms with Crippen LogP contribution in [0.1, 0.15) is 33.6 Å². The molecule has 1 heterocycles. The summed E-state index contributed by atoms with van der Waals surface area (Å²) < 4.78 is 0. The predicted octanol–water partition coefficient (Wildman–Crippen LogP) is 2.76. The second kappa shape index (κ2) is 7.04. The second-order valence-electron chi connectivity index (χ2n) is 3.86. The molecule has 0 aliphatic heterocycles. The van der Waals surface area contributed by atoms with E-state index in [0.29, 0.717) is 5.95 Å². The maximum atomic E-state index is 4.37. The average Bonchev–Trinajstić information content (AvgIpc) is 2.31. The zero-order valence-corrected chi connectivity index (χ0v) is 10.5. The Kier molecular flexibility index (Phi) is 5.61. The molecule has 0 aliphatic carbocycles. The highest BCUT2D eigenvalue weighted by Crippen LogP contribution is 2.10. The van der Waals surface area contributed by atoms with Crippen molar-refractivity contribution in [2.24, 2.45) is 5.92 Å². The zero-order valence-electron chi connectivity index (χ0n) is 10.5. The minimum Gasteiger partial charge on any atom is -0.370 e. The van der Waals surface area contributed by atoms with Crippen LogP contribution in [0.2, 0.25) is 0 Å². The lowest BCUT2D eigenvalue weighted by Crippen LogP contribution is -2.14. The molecule has 0 amide bonds. The number of nitrogens with one attached hydrogen (secondary N) is 2. The number of rotatable bonds is 7. The van der Waals surface area contributed by atoms with E-state index in [9.17, 15) is 0 Å². The van der Waals surface area contributed by atoms with E-state index in [0.717, 1.165) is 24.8 Å². The molecular formula is C12H22N4. The van der Waals surface area contributed by atoms with E-state index in [2.05, 4.69) is 34.4 Å². The lowest BCUT2D eigenvalue weighted by molar-refractivity contribution is 0.518. The number of nitrogens with zero attached hydrogens (tertiary/aromatic N) is 2. The van der Waals surface area contributed by atoms with Crippen LogP contribution in [0, 0.1) is 5.92 Å². The molecule has 0 aromatic carbocycles. The Hall–Kier alpha value is -1.32. The highest BCUT2D eigenvalue weighted by Gasteiger charge is 2.03. The van der Waals surface area contributed by atoms with Gasteiger partial charge in [0, 0.05) is 19.3 Å². The third-order valence-electron chi connectivity index (χ3n) is 2.72. The SMILES string of the molecule is CCNc1nccc(NCC(CC)CC)n1. The molecule has 0 aliphatic rings. The first-order valence-corrected chi connectivity index (χ1v) is 6.10. The predicted molar refractivity (Wildman–Crippen MR) is 68.8 cm³/mol. The van der Waals surface area contributed by atoms with E-state index >= 15 is 0 Å². The minimum atomic E-state index is 0.692. The van der Waals surface area contributed by atoms with Gasteiger partial charge in [-0.15, -0.1) is 0 Å². The van der Waals surface area contributed by atoms with Crippen molar-refractivity contribution in [3.05, 3.63) is 12.3 Å². The smallest absolute Gasteiger partial charge is 0.224 e. The van der Waals surface area contributed by atoms with Crippen LogP contribution in [0.4, 0.5) is 11.8 Å². The summed E-state index contributed by atoms with van der Waals surface area (Å²) >= 11 is 0. The van der Waals surface area contributed by atoms with Crippen molar-refractivity contribution in [2.45, 2.75) is 33.6 Å². The first kappa shape index (κ1) is 12.7. The van der Waals surface area contributed by atoms with Gasteiger partial charge >= 0.3 is 0 Å². The summed E-state index contributed by atoms with van der Waals surface area (Å²) in [6, 6.07) is 1.91. The standard InChI is InChI=1S/C12H22N4/c1-4-10(5-2)9-15-11-7-8-14-12(16-11)13-6-3/h7-8,10H,4-6,9H2,1-3H3,(H2,13,14,15,16). The first-order valence-electron chi connectivity index (χ1n) is 6.10. The fourth-order valence-electron chi connectivity index (χ4n) is 1.53. The third-order valence-corrected chi connectivity index (χ3v) is 2.72. The van der Waals surface area contributed by atoms with Gasteiger partial charge in [-0.05, 0) is 18.9 Å². The fourth-order valence-corrected chi connectivity index (χ4v) is 1.53. The van der Waals surface area contributed by atoms with Crippen LogP contribution in [0.3, 0.4) is 0 Å². The molecule has 0 fully saturated rings. The fraction of sp³-hybridized carbons (Fsp3) is 0.667. The molecule has 4 nitrogen and oxygen atoms in total. The third kappa shape index (κ3) is 4.04. The number of hydrogen-bond donors (Lipinski definition) is 2.